The zero-order chi connectivity index (χ0) is 17.4. The highest BCUT2D eigenvalue weighted by molar-refractivity contribution is 6.43. The highest BCUT2D eigenvalue weighted by Crippen LogP contribution is 2.45. The smallest absolute Gasteiger partial charge is 0.323 e. The number of fused-ring (bicyclic) bond motifs is 2. The van der Waals surface area contributed by atoms with Crippen LogP contribution in [0.3, 0.4) is 0 Å². The number of carbonyl (C=O) groups is 1. The lowest BCUT2D eigenvalue weighted by atomic mass is 9.88. The van der Waals surface area contributed by atoms with Gasteiger partial charge in [0.05, 0.1) is 5.02 Å². The first kappa shape index (κ1) is 16.0. The van der Waals surface area contributed by atoms with Crippen LogP contribution in [0.4, 0.5) is 0 Å². The summed E-state index contributed by atoms with van der Waals surface area (Å²) in [7, 11) is 0. The minimum atomic E-state index is -0.601. The second-order valence-corrected chi connectivity index (χ2v) is 6.37. The van der Waals surface area contributed by atoms with E-state index in [0.29, 0.717) is 16.5 Å². The largest absolute Gasteiger partial charge is 0.457 e. The van der Waals surface area contributed by atoms with Crippen LogP contribution >= 0.6 is 23.2 Å². The number of para-hydroxylation sites is 2. The molecule has 0 fully saturated rings. The molecule has 5 heteroatoms. The number of hydrogen-bond donors (Lipinski definition) is 0. The van der Waals surface area contributed by atoms with Gasteiger partial charge in [-0.25, -0.2) is 0 Å². The van der Waals surface area contributed by atoms with E-state index in [2.05, 4.69) is 0 Å². The Labute approximate surface area is 154 Å². The van der Waals surface area contributed by atoms with E-state index in [1.807, 2.05) is 48.5 Å². The summed E-state index contributed by atoms with van der Waals surface area (Å²) < 4.78 is 11.5. The zero-order valence-electron chi connectivity index (χ0n) is 12.9. The van der Waals surface area contributed by atoms with Crippen LogP contribution in [-0.4, -0.2) is 5.97 Å². The minimum absolute atomic E-state index is 0.214. The zero-order valence-corrected chi connectivity index (χ0v) is 14.4. The molecule has 0 aromatic heterocycles. The second-order valence-electron chi connectivity index (χ2n) is 5.58. The van der Waals surface area contributed by atoms with Crippen molar-refractivity contribution in [3.8, 4) is 17.2 Å². The fourth-order valence-electron chi connectivity index (χ4n) is 2.89. The van der Waals surface area contributed by atoms with E-state index in [-0.39, 0.29) is 10.8 Å². The van der Waals surface area contributed by atoms with E-state index in [0.717, 1.165) is 11.1 Å². The van der Waals surface area contributed by atoms with Crippen molar-refractivity contribution in [2.75, 3.05) is 0 Å². The highest BCUT2D eigenvalue weighted by Gasteiger charge is 2.34. The average Bonchev–Trinajstić information content (AvgIpc) is 2.63. The highest BCUT2D eigenvalue weighted by atomic mass is 35.5. The molecule has 0 N–H and O–H groups in total. The van der Waals surface area contributed by atoms with Crippen LogP contribution in [0, 0.1) is 0 Å². The topological polar surface area (TPSA) is 35.5 Å². The Kier molecular flexibility index (Phi) is 4.12. The van der Waals surface area contributed by atoms with Crippen molar-refractivity contribution in [3.05, 3.63) is 87.9 Å². The quantitative estimate of drug-likeness (QED) is 0.420. The predicted molar refractivity (Wildman–Crippen MR) is 96.9 cm³/mol. The van der Waals surface area contributed by atoms with E-state index in [9.17, 15) is 4.79 Å². The van der Waals surface area contributed by atoms with Crippen LogP contribution in [0.2, 0.25) is 10.0 Å². The third kappa shape index (κ3) is 2.86. The van der Waals surface area contributed by atoms with Crippen LogP contribution < -0.4 is 9.47 Å². The van der Waals surface area contributed by atoms with Gasteiger partial charge in [-0.2, -0.15) is 0 Å². The Morgan fingerprint density at radius 3 is 2.08 bits per heavy atom. The Morgan fingerprint density at radius 1 is 0.840 bits per heavy atom. The lowest BCUT2D eigenvalue weighted by Crippen LogP contribution is -2.23. The maximum absolute atomic E-state index is 13.0. The molecule has 1 heterocycles. The van der Waals surface area contributed by atoms with E-state index >= 15 is 0 Å². The van der Waals surface area contributed by atoms with Gasteiger partial charge in [0.1, 0.15) is 22.4 Å². The van der Waals surface area contributed by atoms with E-state index in [1.54, 1.807) is 18.2 Å². The van der Waals surface area contributed by atoms with Crippen LogP contribution in [0.15, 0.2) is 66.7 Å². The molecule has 1 aliphatic rings. The van der Waals surface area contributed by atoms with Gasteiger partial charge >= 0.3 is 5.97 Å². The van der Waals surface area contributed by atoms with E-state index in [1.165, 1.54) is 0 Å². The molecule has 4 rings (SSSR count). The molecule has 0 unspecified atom stereocenters. The molecule has 0 saturated carbocycles. The number of hydrogen-bond acceptors (Lipinski definition) is 3. The third-order valence-corrected chi connectivity index (χ3v) is 4.84. The normalized spacial score (nSPS) is 12.7. The Balaban J connectivity index is 1.77. The molecule has 1 aliphatic heterocycles. The van der Waals surface area contributed by atoms with Gasteiger partial charge in [0.25, 0.3) is 0 Å². The SMILES string of the molecule is O=C(Oc1cccc(Cl)c1Cl)C1c2ccccc2Oc2ccccc21. The fraction of sp³-hybridized carbons (Fsp3) is 0.0500. The summed E-state index contributed by atoms with van der Waals surface area (Å²) in [5.74, 6) is 0.477. The van der Waals surface area contributed by atoms with Crippen LogP contribution in [0.25, 0.3) is 0 Å². The van der Waals surface area contributed by atoms with Gasteiger partial charge in [-0.1, -0.05) is 65.7 Å². The number of ether oxygens (including phenoxy) is 2. The number of benzene rings is 3. The summed E-state index contributed by atoms with van der Waals surface area (Å²) in [6, 6.07) is 19.8. The summed E-state index contributed by atoms with van der Waals surface area (Å²) in [5, 5.41) is 0.547. The molecule has 0 radical (unpaired) electrons. The summed E-state index contributed by atoms with van der Waals surface area (Å²) in [6.07, 6.45) is 0. The maximum Gasteiger partial charge on any atom is 0.323 e. The molecule has 25 heavy (non-hydrogen) atoms. The molecule has 0 spiro atoms. The van der Waals surface area contributed by atoms with Gasteiger partial charge in [-0.3, -0.25) is 4.79 Å². The molecule has 3 aromatic carbocycles. The number of esters is 1. The van der Waals surface area contributed by atoms with Crippen molar-refractivity contribution >= 4 is 29.2 Å². The molecule has 0 bridgehead atoms. The maximum atomic E-state index is 13.0. The summed E-state index contributed by atoms with van der Waals surface area (Å²) in [4.78, 5) is 13.0. The Morgan fingerprint density at radius 2 is 1.44 bits per heavy atom. The molecule has 0 saturated heterocycles. The average molecular weight is 371 g/mol. The van der Waals surface area contributed by atoms with Crippen molar-refractivity contribution in [2.24, 2.45) is 0 Å². The van der Waals surface area contributed by atoms with Gasteiger partial charge in [0, 0.05) is 11.1 Å². The number of halogens is 2. The third-order valence-electron chi connectivity index (χ3n) is 4.04. The molecular weight excluding hydrogens is 359 g/mol. The second kappa shape index (κ2) is 6.43. The van der Waals surface area contributed by atoms with Gasteiger partial charge in [0.15, 0.2) is 5.75 Å². The first-order chi connectivity index (χ1) is 12.1. The van der Waals surface area contributed by atoms with Crippen LogP contribution in [0.5, 0.6) is 17.2 Å². The molecular formula is C20H12Cl2O3. The minimum Gasteiger partial charge on any atom is -0.457 e. The predicted octanol–water partition coefficient (Wildman–Crippen LogP) is 5.84. The monoisotopic (exact) mass is 370 g/mol. The van der Waals surface area contributed by atoms with Gasteiger partial charge in [0.2, 0.25) is 0 Å². The number of rotatable bonds is 2. The lowest BCUT2D eigenvalue weighted by molar-refractivity contribution is -0.135. The molecule has 124 valence electrons. The molecule has 3 aromatic rings. The first-order valence-electron chi connectivity index (χ1n) is 7.66. The Bertz CT molecular complexity index is 923. The Hall–Kier alpha value is -2.49. The molecule has 0 aliphatic carbocycles. The molecule has 3 nitrogen and oxygen atoms in total. The van der Waals surface area contributed by atoms with Gasteiger partial charge < -0.3 is 9.47 Å². The molecule has 0 amide bonds. The van der Waals surface area contributed by atoms with Crippen molar-refractivity contribution < 1.29 is 14.3 Å². The standard InChI is InChI=1S/C20H12Cl2O3/c21-14-8-5-11-17(19(14)22)25-20(23)18-12-6-1-3-9-15(12)24-16-10-4-2-7-13(16)18/h1-11,18H. The number of carbonyl (C=O) groups excluding carboxylic acids is 1. The fourth-order valence-corrected chi connectivity index (χ4v) is 3.22. The van der Waals surface area contributed by atoms with Crippen molar-refractivity contribution in [3.63, 3.8) is 0 Å². The lowest BCUT2D eigenvalue weighted by Gasteiger charge is -2.26. The van der Waals surface area contributed by atoms with Crippen LogP contribution in [0.1, 0.15) is 17.0 Å². The molecule has 0 atom stereocenters. The van der Waals surface area contributed by atoms with Crippen molar-refractivity contribution in [1.29, 1.82) is 0 Å². The van der Waals surface area contributed by atoms with E-state index in [4.69, 9.17) is 32.7 Å². The summed E-state index contributed by atoms with van der Waals surface area (Å²) >= 11 is 12.1. The first-order valence-corrected chi connectivity index (χ1v) is 8.42. The van der Waals surface area contributed by atoms with Gasteiger partial charge in [-0.05, 0) is 24.3 Å². The van der Waals surface area contributed by atoms with Crippen LogP contribution in [-0.2, 0) is 4.79 Å². The van der Waals surface area contributed by atoms with E-state index < -0.39 is 11.9 Å². The van der Waals surface area contributed by atoms with Gasteiger partial charge in [-0.15, -0.1) is 0 Å². The summed E-state index contributed by atoms with van der Waals surface area (Å²) in [6.45, 7) is 0. The van der Waals surface area contributed by atoms with Crippen molar-refractivity contribution in [2.45, 2.75) is 5.92 Å². The summed E-state index contributed by atoms with van der Waals surface area (Å²) in [5.41, 5.74) is 1.51. The van der Waals surface area contributed by atoms with Crippen molar-refractivity contribution in [1.82, 2.24) is 0 Å².